The molecule has 0 spiro atoms. The van der Waals surface area contributed by atoms with Crippen molar-refractivity contribution in [3.8, 4) is 11.5 Å². The van der Waals surface area contributed by atoms with E-state index in [1.54, 1.807) is 24.3 Å². The van der Waals surface area contributed by atoms with Crippen LogP contribution in [0.2, 0.25) is 0 Å². The molecule has 1 aliphatic heterocycles. The minimum atomic E-state index is -3.66. The molecular formula is C22H26N2O6S. The molecule has 0 aliphatic carbocycles. The van der Waals surface area contributed by atoms with Gasteiger partial charge in [-0.3, -0.25) is 4.79 Å². The zero-order chi connectivity index (χ0) is 22.4. The van der Waals surface area contributed by atoms with Crippen molar-refractivity contribution in [3.05, 3.63) is 53.6 Å². The van der Waals surface area contributed by atoms with E-state index in [4.69, 9.17) is 14.2 Å². The zero-order valence-corrected chi connectivity index (χ0v) is 18.6. The second kappa shape index (κ2) is 9.95. The number of allylic oxidation sites excluding steroid dienone is 1. The first-order valence-corrected chi connectivity index (χ1v) is 11.2. The van der Waals surface area contributed by atoms with Gasteiger partial charge in [0, 0.05) is 29.9 Å². The highest BCUT2D eigenvalue weighted by Crippen LogP contribution is 2.34. The van der Waals surface area contributed by atoms with Crippen molar-refractivity contribution in [2.45, 2.75) is 11.8 Å². The first-order valence-electron chi connectivity index (χ1n) is 9.78. The third-order valence-corrected chi connectivity index (χ3v) is 6.71. The number of anilines is 1. The van der Waals surface area contributed by atoms with Crippen molar-refractivity contribution in [2.24, 2.45) is 0 Å². The monoisotopic (exact) mass is 446 g/mol. The van der Waals surface area contributed by atoms with Crippen LogP contribution in [-0.2, 0) is 14.8 Å². The number of rotatable bonds is 7. The fourth-order valence-corrected chi connectivity index (χ4v) is 4.76. The maximum atomic E-state index is 12.9. The van der Waals surface area contributed by atoms with Gasteiger partial charge in [0.15, 0.2) is 11.5 Å². The van der Waals surface area contributed by atoms with Gasteiger partial charge in [-0.15, -0.1) is 0 Å². The Morgan fingerprint density at radius 3 is 2.52 bits per heavy atom. The molecule has 1 heterocycles. The van der Waals surface area contributed by atoms with Crippen LogP contribution in [0.25, 0.3) is 6.08 Å². The summed E-state index contributed by atoms with van der Waals surface area (Å²) in [6, 6.07) is 9.48. The van der Waals surface area contributed by atoms with E-state index >= 15 is 0 Å². The van der Waals surface area contributed by atoms with Crippen LogP contribution in [-0.4, -0.2) is 59.2 Å². The zero-order valence-electron chi connectivity index (χ0n) is 17.8. The molecule has 2 aromatic rings. The molecule has 31 heavy (non-hydrogen) atoms. The van der Waals surface area contributed by atoms with E-state index in [0.717, 1.165) is 0 Å². The number of ether oxygens (including phenoxy) is 3. The summed E-state index contributed by atoms with van der Waals surface area (Å²) in [4.78, 5) is 13.0. The van der Waals surface area contributed by atoms with E-state index in [2.05, 4.69) is 5.32 Å². The average Bonchev–Trinajstić information content (AvgIpc) is 2.79. The first kappa shape index (κ1) is 22.8. The Balaban J connectivity index is 1.87. The van der Waals surface area contributed by atoms with E-state index in [1.165, 1.54) is 30.7 Å². The highest BCUT2D eigenvalue weighted by molar-refractivity contribution is 7.89. The summed E-state index contributed by atoms with van der Waals surface area (Å²) < 4.78 is 43.1. The van der Waals surface area contributed by atoms with Crippen LogP contribution < -0.4 is 14.8 Å². The minimum absolute atomic E-state index is 0.120. The molecule has 0 aromatic heterocycles. The maximum absolute atomic E-state index is 12.9. The molecule has 1 amide bonds. The van der Waals surface area contributed by atoms with Gasteiger partial charge in [-0.2, -0.15) is 4.31 Å². The third kappa shape index (κ3) is 5.07. The summed E-state index contributed by atoms with van der Waals surface area (Å²) in [5.41, 5.74) is 1.42. The van der Waals surface area contributed by atoms with Gasteiger partial charge in [0.05, 0.1) is 32.3 Å². The molecule has 2 aromatic carbocycles. The average molecular weight is 447 g/mol. The third-order valence-electron chi connectivity index (χ3n) is 4.82. The maximum Gasteiger partial charge on any atom is 0.255 e. The summed E-state index contributed by atoms with van der Waals surface area (Å²) in [6.07, 6.45) is 3.65. The van der Waals surface area contributed by atoms with E-state index in [1.807, 2.05) is 19.1 Å². The fourth-order valence-electron chi connectivity index (χ4n) is 3.30. The van der Waals surface area contributed by atoms with Gasteiger partial charge in [-0.25, -0.2) is 8.42 Å². The number of benzene rings is 2. The van der Waals surface area contributed by atoms with Gasteiger partial charge in [0.25, 0.3) is 5.91 Å². The van der Waals surface area contributed by atoms with Crippen molar-refractivity contribution in [1.82, 2.24) is 4.31 Å². The molecule has 1 saturated heterocycles. The molecular weight excluding hydrogens is 420 g/mol. The van der Waals surface area contributed by atoms with Crippen LogP contribution in [0.5, 0.6) is 11.5 Å². The lowest BCUT2D eigenvalue weighted by molar-refractivity contribution is 0.0730. The molecule has 0 atom stereocenters. The lowest BCUT2D eigenvalue weighted by atomic mass is 10.1. The predicted molar refractivity (Wildman–Crippen MR) is 118 cm³/mol. The van der Waals surface area contributed by atoms with Crippen molar-refractivity contribution >= 4 is 27.7 Å². The summed E-state index contributed by atoms with van der Waals surface area (Å²) in [6.45, 7) is 3.20. The Kier molecular flexibility index (Phi) is 7.32. The van der Waals surface area contributed by atoms with Crippen molar-refractivity contribution in [2.75, 3.05) is 45.8 Å². The number of amides is 1. The Bertz CT molecular complexity index is 1080. The van der Waals surface area contributed by atoms with Crippen LogP contribution in [0.1, 0.15) is 22.8 Å². The summed E-state index contributed by atoms with van der Waals surface area (Å²) in [5.74, 6) is 0.551. The molecule has 3 rings (SSSR count). The van der Waals surface area contributed by atoms with Crippen LogP contribution in [0, 0.1) is 0 Å². The van der Waals surface area contributed by atoms with Crippen LogP contribution in [0.3, 0.4) is 0 Å². The second-order valence-corrected chi connectivity index (χ2v) is 8.74. The summed E-state index contributed by atoms with van der Waals surface area (Å²) in [7, 11) is -0.631. The van der Waals surface area contributed by atoms with Gasteiger partial charge < -0.3 is 19.5 Å². The quantitative estimate of drug-likeness (QED) is 0.703. The number of carbonyl (C=O) groups excluding carboxylic acids is 1. The lowest BCUT2D eigenvalue weighted by Gasteiger charge is -2.26. The molecule has 8 nitrogen and oxygen atoms in total. The number of hydrogen-bond acceptors (Lipinski definition) is 6. The van der Waals surface area contributed by atoms with Crippen molar-refractivity contribution in [3.63, 3.8) is 0 Å². The molecule has 166 valence electrons. The Morgan fingerprint density at radius 2 is 1.87 bits per heavy atom. The van der Waals surface area contributed by atoms with Gasteiger partial charge >= 0.3 is 0 Å². The van der Waals surface area contributed by atoms with E-state index in [-0.39, 0.29) is 4.90 Å². The molecule has 1 aliphatic rings. The smallest absolute Gasteiger partial charge is 0.255 e. The molecule has 0 radical (unpaired) electrons. The number of carbonyl (C=O) groups is 1. The molecule has 1 fully saturated rings. The molecule has 0 saturated carbocycles. The number of nitrogens with one attached hydrogen (secondary N) is 1. The van der Waals surface area contributed by atoms with Gasteiger partial charge in [-0.05, 0) is 37.3 Å². The number of morpholine rings is 1. The number of methoxy groups -OCH3 is 2. The van der Waals surface area contributed by atoms with Crippen molar-refractivity contribution < 1.29 is 27.4 Å². The highest BCUT2D eigenvalue weighted by Gasteiger charge is 2.26. The van der Waals surface area contributed by atoms with Gasteiger partial charge in [0.2, 0.25) is 10.0 Å². The van der Waals surface area contributed by atoms with E-state index in [0.29, 0.717) is 54.6 Å². The Labute approximate surface area is 182 Å². The molecule has 0 unspecified atom stereocenters. The predicted octanol–water partition coefficient (Wildman–Crippen LogP) is 3.01. The van der Waals surface area contributed by atoms with Crippen molar-refractivity contribution in [1.29, 1.82) is 0 Å². The molecule has 9 heteroatoms. The molecule has 0 bridgehead atoms. The van der Waals surface area contributed by atoms with E-state index in [9.17, 15) is 13.2 Å². The SMILES string of the molecule is C/C=C/c1cc(C(=O)Nc2cccc(S(=O)(=O)N3CCOCC3)c2)cc(OC)c1OC. The topological polar surface area (TPSA) is 94.2 Å². The fraction of sp³-hybridized carbons (Fsp3) is 0.318. The number of nitrogens with zero attached hydrogens (tertiary/aromatic N) is 1. The standard InChI is InChI=1S/C22H26N2O6S/c1-4-6-16-13-17(14-20(28-2)21(16)29-3)22(25)23-18-7-5-8-19(15-18)31(26,27)24-9-11-30-12-10-24/h4-8,13-15H,9-12H2,1-3H3,(H,23,25)/b6-4+. The lowest BCUT2D eigenvalue weighted by Crippen LogP contribution is -2.40. The van der Waals surface area contributed by atoms with Crippen LogP contribution in [0.4, 0.5) is 5.69 Å². The molecule has 1 N–H and O–H groups in total. The normalized spacial score (nSPS) is 15.1. The van der Waals surface area contributed by atoms with Gasteiger partial charge in [-0.1, -0.05) is 18.2 Å². The minimum Gasteiger partial charge on any atom is -0.493 e. The van der Waals surface area contributed by atoms with Crippen LogP contribution in [0.15, 0.2) is 47.4 Å². The largest absolute Gasteiger partial charge is 0.493 e. The first-order chi connectivity index (χ1) is 14.9. The number of hydrogen-bond donors (Lipinski definition) is 1. The second-order valence-electron chi connectivity index (χ2n) is 6.80. The van der Waals surface area contributed by atoms with E-state index < -0.39 is 15.9 Å². The highest BCUT2D eigenvalue weighted by atomic mass is 32.2. The Morgan fingerprint density at radius 1 is 1.13 bits per heavy atom. The Hall–Kier alpha value is -2.88. The van der Waals surface area contributed by atoms with Gasteiger partial charge in [0.1, 0.15) is 0 Å². The van der Waals surface area contributed by atoms with Crippen LogP contribution >= 0.6 is 0 Å². The summed E-state index contributed by atoms with van der Waals surface area (Å²) >= 11 is 0. The number of sulfonamides is 1. The summed E-state index contributed by atoms with van der Waals surface area (Å²) in [5, 5.41) is 2.76.